The van der Waals surface area contributed by atoms with Gasteiger partial charge in [-0.3, -0.25) is 5.10 Å². The molecule has 0 unspecified atom stereocenters. The van der Waals surface area contributed by atoms with Gasteiger partial charge in [0.25, 0.3) is 0 Å². The van der Waals surface area contributed by atoms with Crippen LogP contribution in [-0.4, -0.2) is 27.2 Å². The summed E-state index contributed by atoms with van der Waals surface area (Å²) in [6.07, 6.45) is 2.40. The number of H-pyrrole nitrogens is 1. The Morgan fingerprint density at radius 1 is 1.27 bits per heavy atom. The van der Waals surface area contributed by atoms with E-state index in [4.69, 9.17) is 28.6 Å². The van der Waals surface area contributed by atoms with Crippen molar-refractivity contribution in [2.45, 2.75) is 26.4 Å². The third-order valence-corrected chi connectivity index (χ3v) is 4.12. The van der Waals surface area contributed by atoms with Gasteiger partial charge in [0.2, 0.25) is 4.77 Å². The van der Waals surface area contributed by atoms with Gasteiger partial charge in [-0.15, -0.1) is 0 Å². The summed E-state index contributed by atoms with van der Waals surface area (Å²) >= 11 is 11.6. The normalized spacial score (nSPS) is 11.4. The summed E-state index contributed by atoms with van der Waals surface area (Å²) in [5.41, 5.74) is 1.98. The second-order valence-corrected chi connectivity index (χ2v) is 6.81. The zero-order valence-electron chi connectivity index (χ0n) is 14.5. The summed E-state index contributed by atoms with van der Waals surface area (Å²) in [5, 5.41) is 12.1. The molecule has 0 atom stereocenters. The largest absolute Gasteiger partial charge is 0.489 e. The lowest BCUT2D eigenvalue weighted by Crippen LogP contribution is -2.06. The molecule has 3 aromatic rings. The maximum atomic E-state index is 6.27. The number of rotatable bonds is 6. The summed E-state index contributed by atoms with van der Waals surface area (Å²) in [7, 11) is 0. The molecule has 0 aliphatic heterocycles. The van der Waals surface area contributed by atoms with Crippen molar-refractivity contribution >= 4 is 30.0 Å². The lowest BCUT2D eigenvalue weighted by atomic mass is 10.1. The quantitative estimate of drug-likeness (QED) is 0.486. The van der Waals surface area contributed by atoms with Crippen LogP contribution in [-0.2, 0) is 6.42 Å². The van der Waals surface area contributed by atoms with Gasteiger partial charge < -0.3 is 4.74 Å². The number of nitrogens with one attached hydrogen (secondary N) is 1. The average Bonchev–Trinajstić information content (AvgIpc) is 2.95. The van der Waals surface area contributed by atoms with E-state index in [9.17, 15) is 0 Å². The molecule has 1 heterocycles. The van der Waals surface area contributed by atoms with Crippen LogP contribution in [0.2, 0.25) is 5.02 Å². The Balaban J connectivity index is 1.82. The summed E-state index contributed by atoms with van der Waals surface area (Å²) in [4.78, 5) is 0. The molecule has 1 aromatic heterocycles. The highest BCUT2D eigenvalue weighted by Gasteiger charge is 2.07. The smallest absolute Gasteiger partial charge is 0.216 e. The van der Waals surface area contributed by atoms with Gasteiger partial charge >= 0.3 is 0 Å². The van der Waals surface area contributed by atoms with Crippen LogP contribution in [0.25, 0.3) is 0 Å². The van der Waals surface area contributed by atoms with Gasteiger partial charge in [0.1, 0.15) is 5.75 Å². The van der Waals surface area contributed by atoms with Gasteiger partial charge in [0, 0.05) is 6.42 Å². The topological polar surface area (TPSA) is 55.2 Å². The van der Waals surface area contributed by atoms with Crippen molar-refractivity contribution in [3.8, 4) is 5.75 Å². The highest BCUT2D eigenvalue weighted by Crippen LogP contribution is 2.25. The summed E-state index contributed by atoms with van der Waals surface area (Å²) in [5.74, 6) is 1.40. The molecule has 2 aromatic carbocycles. The minimum absolute atomic E-state index is 0.0665. The van der Waals surface area contributed by atoms with Crippen LogP contribution >= 0.6 is 23.8 Å². The molecular weight excluding hydrogens is 368 g/mol. The molecule has 0 fully saturated rings. The lowest BCUT2D eigenvalue weighted by molar-refractivity contribution is 0.242. The second kappa shape index (κ2) is 8.29. The van der Waals surface area contributed by atoms with Gasteiger partial charge in [-0.25, -0.2) is 0 Å². The number of aromatic nitrogens is 3. The fraction of sp³-hybridized carbons (Fsp3) is 0.211. The number of hydrogen-bond acceptors (Lipinski definition) is 4. The summed E-state index contributed by atoms with van der Waals surface area (Å²) < 4.78 is 7.70. The molecule has 0 bridgehead atoms. The van der Waals surface area contributed by atoms with Crippen LogP contribution in [0.3, 0.4) is 0 Å². The van der Waals surface area contributed by atoms with E-state index in [0.29, 0.717) is 22.0 Å². The Morgan fingerprint density at radius 2 is 2.04 bits per heavy atom. The van der Waals surface area contributed by atoms with Crippen molar-refractivity contribution in [1.29, 1.82) is 0 Å². The predicted molar refractivity (Wildman–Crippen MR) is 107 cm³/mol. The van der Waals surface area contributed by atoms with Gasteiger partial charge in [-0.1, -0.05) is 41.9 Å². The Kier molecular flexibility index (Phi) is 5.85. The van der Waals surface area contributed by atoms with Crippen molar-refractivity contribution in [3.05, 3.63) is 75.3 Å². The number of halogens is 1. The molecule has 0 amide bonds. The lowest BCUT2D eigenvalue weighted by Gasteiger charge is -2.11. The van der Waals surface area contributed by atoms with E-state index in [-0.39, 0.29) is 6.10 Å². The maximum Gasteiger partial charge on any atom is 0.216 e. The number of ether oxygens (including phenoxy) is 1. The van der Waals surface area contributed by atoms with Crippen molar-refractivity contribution in [3.63, 3.8) is 0 Å². The van der Waals surface area contributed by atoms with E-state index in [1.165, 1.54) is 0 Å². The van der Waals surface area contributed by atoms with Crippen LogP contribution in [0.5, 0.6) is 5.75 Å². The molecule has 1 N–H and O–H groups in total. The zero-order valence-corrected chi connectivity index (χ0v) is 16.1. The summed E-state index contributed by atoms with van der Waals surface area (Å²) in [6.45, 7) is 3.92. The number of hydrogen-bond donors (Lipinski definition) is 1. The minimum Gasteiger partial charge on any atom is -0.489 e. The van der Waals surface area contributed by atoms with Crippen molar-refractivity contribution < 1.29 is 4.74 Å². The van der Waals surface area contributed by atoms with Crippen molar-refractivity contribution in [2.24, 2.45) is 5.10 Å². The fourth-order valence-electron chi connectivity index (χ4n) is 2.41. The highest BCUT2D eigenvalue weighted by atomic mass is 35.5. The SMILES string of the molecule is CC(C)Oc1ccc(/C=N\n2c(Cc3ccccc3)n[nH]c2=S)cc1Cl. The second-order valence-electron chi connectivity index (χ2n) is 6.02. The Hall–Kier alpha value is -2.44. The first kappa shape index (κ1) is 18.4. The molecule has 0 saturated heterocycles. The first-order valence-electron chi connectivity index (χ1n) is 8.23. The van der Waals surface area contributed by atoms with Gasteiger partial charge in [-0.2, -0.15) is 14.9 Å². The van der Waals surface area contributed by atoms with E-state index < -0.39 is 0 Å². The average molecular weight is 387 g/mol. The first-order chi connectivity index (χ1) is 12.5. The van der Waals surface area contributed by atoms with Gasteiger partial charge in [0.15, 0.2) is 5.82 Å². The number of nitrogens with zero attached hydrogens (tertiary/aromatic N) is 3. The third kappa shape index (κ3) is 4.59. The van der Waals surface area contributed by atoms with Crippen molar-refractivity contribution in [2.75, 3.05) is 0 Å². The van der Waals surface area contributed by atoms with Crippen LogP contribution in [0.1, 0.15) is 30.8 Å². The molecule has 0 saturated carbocycles. The molecule has 26 heavy (non-hydrogen) atoms. The molecule has 134 valence electrons. The zero-order chi connectivity index (χ0) is 18.5. The predicted octanol–water partition coefficient (Wildman–Crippen LogP) is 4.85. The third-order valence-electron chi connectivity index (χ3n) is 3.56. The molecule has 0 aliphatic carbocycles. The van der Waals surface area contributed by atoms with Crippen molar-refractivity contribution in [1.82, 2.24) is 14.9 Å². The van der Waals surface area contributed by atoms with Gasteiger partial charge in [-0.05, 0) is 55.4 Å². The van der Waals surface area contributed by atoms with E-state index in [1.54, 1.807) is 10.9 Å². The molecule has 0 spiro atoms. The maximum absolute atomic E-state index is 6.27. The molecule has 3 rings (SSSR count). The van der Waals surface area contributed by atoms with E-state index in [1.807, 2.05) is 62.4 Å². The first-order valence-corrected chi connectivity index (χ1v) is 9.02. The van der Waals surface area contributed by atoms with Crippen LogP contribution in [0.15, 0.2) is 53.6 Å². The van der Waals surface area contributed by atoms with E-state index in [2.05, 4.69) is 15.3 Å². The molecule has 0 radical (unpaired) electrons. The Labute approximate surface area is 162 Å². The Bertz CT molecular complexity index is 963. The number of aromatic amines is 1. The van der Waals surface area contributed by atoms with Crippen LogP contribution in [0, 0.1) is 4.77 Å². The highest BCUT2D eigenvalue weighted by molar-refractivity contribution is 7.71. The van der Waals surface area contributed by atoms with Gasteiger partial charge in [0.05, 0.1) is 17.3 Å². The van der Waals surface area contributed by atoms with E-state index in [0.717, 1.165) is 17.0 Å². The molecule has 7 heteroatoms. The molecular formula is C19H19ClN4OS. The monoisotopic (exact) mass is 386 g/mol. The standard InChI is InChI=1S/C19H19ClN4OS/c1-13(2)25-17-9-8-15(10-16(17)20)12-21-24-18(22-23-19(24)26)11-14-6-4-3-5-7-14/h3-10,12-13H,11H2,1-2H3,(H,23,26)/b21-12-. The fourth-order valence-corrected chi connectivity index (χ4v) is 2.84. The Morgan fingerprint density at radius 3 is 2.73 bits per heavy atom. The van der Waals surface area contributed by atoms with Crippen LogP contribution in [0.4, 0.5) is 0 Å². The molecule has 0 aliphatic rings. The molecule has 5 nitrogen and oxygen atoms in total. The number of benzene rings is 2. The summed E-state index contributed by atoms with van der Waals surface area (Å²) in [6, 6.07) is 15.6. The minimum atomic E-state index is 0.0665. The van der Waals surface area contributed by atoms with Crippen LogP contribution < -0.4 is 4.74 Å². The van der Waals surface area contributed by atoms with E-state index >= 15 is 0 Å².